The average molecular weight is 529 g/mol. The van der Waals surface area contributed by atoms with Crippen molar-refractivity contribution in [2.75, 3.05) is 19.1 Å². The van der Waals surface area contributed by atoms with E-state index in [-0.39, 0.29) is 17.4 Å². The molecular formula is C31H29ClN2O4. The van der Waals surface area contributed by atoms with Gasteiger partial charge in [-0.25, -0.2) is 0 Å². The van der Waals surface area contributed by atoms with E-state index in [1.54, 1.807) is 43.4 Å². The van der Waals surface area contributed by atoms with Crippen molar-refractivity contribution >= 4 is 34.7 Å². The van der Waals surface area contributed by atoms with Crippen molar-refractivity contribution in [3.05, 3.63) is 105 Å². The second-order valence-corrected chi connectivity index (χ2v) is 9.85. The van der Waals surface area contributed by atoms with Crippen LogP contribution >= 0.6 is 11.6 Å². The van der Waals surface area contributed by atoms with E-state index in [2.05, 4.69) is 0 Å². The zero-order chi connectivity index (χ0) is 27.0. The smallest absolute Gasteiger partial charge is 0.161 e. The highest BCUT2D eigenvalue weighted by molar-refractivity contribution is 6.32. The van der Waals surface area contributed by atoms with Gasteiger partial charge in [0.25, 0.3) is 0 Å². The first-order valence-electron chi connectivity index (χ1n) is 12.5. The lowest BCUT2D eigenvalue weighted by Gasteiger charge is -2.42. The third kappa shape index (κ3) is 4.35. The molecule has 0 fully saturated rings. The molecule has 38 heavy (non-hydrogen) atoms. The number of allylic oxidation sites excluding steroid dienone is 2. The molecule has 3 aromatic carbocycles. The summed E-state index contributed by atoms with van der Waals surface area (Å²) in [5, 5.41) is 21.8. The quantitative estimate of drug-likeness (QED) is 0.341. The van der Waals surface area contributed by atoms with Crippen LogP contribution in [0, 0.1) is 12.3 Å². The molecule has 0 spiro atoms. The van der Waals surface area contributed by atoms with Gasteiger partial charge >= 0.3 is 0 Å². The first-order chi connectivity index (χ1) is 18.3. The summed E-state index contributed by atoms with van der Waals surface area (Å²) >= 11 is 6.70. The Balaban J connectivity index is 1.87. The zero-order valence-electron chi connectivity index (χ0n) is 21.5. The number of ether oxygens (including phenoxy) is 2. The topological polar surface area (TPSA) is 82.8 Å². The van der Waals surface area contributed by atoms with Crippen LogP contribution < -0.4 is 14.4 Å². The number of hydrogen-bond donors (Lipinski definition) is 2. The normalized spacial score (nSPS) is 18.8. The number of halogens is 1. The molecule has 0 saturated carbocycles. The summed E-state index contributed by atoms with van der Waals surface area (Å²) in [6, 6.07) is 20.1. The number of hydrogen-bond acceptors (Lipinski definition) is 5. The van der Waals surface area contributed by atoms with Gasteiger partial charge in [0.05, 0.1) is 19.9 Å². The van der Waals surface area contributed by atoms with Gasteiger partial charge in [0.1, 0.15) is 23.1 Å². The number of aliphatic hydroxyl groups is 1. The summed E-state index contributed by atoms with van der Waals surface area (Å²) in [6.07, 6.45) is 1.63. The lowest BCUT2D eigenvalue weighted by molar-refractivity contribution is -0.116. The van der Waals surface area contributed by atoms with Gasteiger partial charge < -0.3 is 14.6 Å². The largest absolute Gasteiger partial charge is 0.507 e. The highest BCUT2D eigenvalue weighted by Gasteiger charge is 2.44. The maximum Gasteiger partial charge on any atom is 0.161 e. The molecular weight excluding hydrogens is 500 g/mol. The van der Waals surface area contributed by atoms with Crippen LogP contribution in [-0.2, 0) is 4.79 Å². The predicted molar refractivity (Wildman–Crippen MR) is 151 cm³/mol. The molecule has 1 atom stereocenters. The number of nitrogens with zero attached hydrogens (tertiary/aromatic N) is 1. The van der Waals surface area contributed by atoms with Gasteiger partial charge in [-0.2, -0.15) is 0 Å². The number of nitrogens with one attached hydrogen (secondary N) is 1. The van der Waals surface area contributed by atoms with Gasteiger partial charge in [0.2, 0.25) is 0 Å². The molecule has 2 N–H and O–H groups in total. The van der Waals surface area contributed by atoms with Gasteiger partial charge in [0, 0.05) is 45.8 Å². The summed E-state index contributed by atoms with van der Waals surface area (Å²) in [6.45, 7) is 1.97. The maximum atomic E-state index is 13.7. The fourth-order valence-electron chi connectivity index (χ4n) is 5.32. The number of aryl methyl sites for hydroxylation is 1. The fourth-order valence-corrected chi connectivity index (χ4v) is 5.56. The molecule has 1 unspecified atom stereocenters. The monoisotopic (exact) mass is 528 g/mol. The van der Waals surface area contributed by atoms with Gasteiger partial charge in [-0.1, -0.05) is 59.6 Å². The minimum atomic E-state index is -0.701. The van der Waals surface area contributed by atoms with Gasteiger partial charge in [0.15, 0.2) is 5.78 Å². The Labute approximate surface area is 227 Å². The molecule has 5 rings (SSSR count). The zero-order valence-corrected chi connectivity index (χ0v) is 22.3. The van der Waals surface area contributed by atoms with Crippen molar-refractivity contribution in [1.29, 1.82) is 5.41 Å². The molecule has 7 heteroatoms. The minimum absolute atomic E-state index is 0.0234. The van der Waals surface area contributed by atoms with Crippen molar-refractivity contribution in [1.82, 2.24) is 0 Å². The van der Waals surface area contributed by atoms with E-state index < -0.39 is 5.92 Å². The number of benzene rings is 3. The van der Waals surface area contributed by atoms with Crippen molar-refractivity contribution < 1.29 is 19.4 Å². The first kappa shape index (κ1) is 25.6. The minimum Gasteiger partial charge on any atom is -0.507 e. The summed E-state index contributed by atoms with van der Waals surface area (Å²) in [5.74, 6) is 0.354. The number of aliphatic hydroxyl groups excluding tert-OH is 1. The van der Waals surface area contributed by atoms with E-state index in [1.807, 2.05) is 49.4 Å². The van der Waals surface area contributed by atoms with Crippen LogP contribution in [0.4, 0.5) is 5.69 Å². The van der Waals surface area contributed by atoms with E-state index in [0.717, 1.165) is 5.56 Å². The van der Waals surface area contributed by atoms with Crippen molar-refractivity contribution in [3.8, 4) is 11.5 Å². The lowest BCUT2D eigenvalue weighted by Crippen LogP contribution is -2.42. The summed E-state index contributed by atoms with van der Waals surface area (Å²) < 4.78 is 11.2. The molecule has 194 valence electrons. The number of carbonyl (C=O) groups is 1. The van der Waals surface area contributed by atoms with Crippen LogP contribution in [0.3, 0.4) is 0 Å². The van der Waals surface area contributed by atoms with E-state index >= 15 is 0 Å². The lowest BCUT2D eigenvalue weighted by atomic mass is 9.73. The second kappa shape index (κ2) is 10.4. The number of Topliss-reactive ketones (excluding diaryl/α,β-unsaturated/α-hetero) is 1. The molecule has 0 aromatic heterocycles. The van der Waals surface area contributed by atoms with E-state index in [4.69, 9.17) is 21.1 Å². The molecule has 2 aliphatic rings. The molecule has 1 aliphatic carbocycles. The Bertz CT molecular complexity index is 1490. The average Bonchev–Trinajstić information content (AvgIpc) is 2.92. The summed E-state index contributed by atoms with van der Waals surface area (Å²) in [5.41, 5.74) is 4.39. The Morgan fingerprint density at radius 2 is 1.76 bits per heavy atom. The van der Waals surface area contributed by atoms with Gasteiger partial charge in [-0.3, -0.25) is 15.1 Å². The van der Waals surface area contributed by atoms with Crippen molar-refractivity contribution in [3.63, 3.8) is 0 Å². The molecule has 1 heterocycles. The fraction of sp³-hybridized carbons (Fsp3) is 0.226. The number of amidine groups is 1. The molecule has 0 amide bonds. The van der Waals surface area contributed by atoms with Crippen LogP contribution in [0.25, 0.3) is 5.76 Å². The number of rotatable bonds is 5. The number of methoxy groups -OCH3 is 2. The van der Waals surface area contributed by atoms with Crippen LogP contribution in [0.15, 0.2) is 83.6 Å². The SMILES string of the molecule is COc1ccc(OC)c(N2C(=N)/C(=C(/O)c3ccc(C)cc3)C(c3ccccc3Cl)C3=C2CCCC3=O)c1. The number of ketones is 1. The molecule has 3 aromatic rings. The molecule has 1 aliphatic heterocycles. The summed E-state index contributed by atoms with van der Waals surface area (Å²) in [7, 11) is 3.14. The second-order valence-electron chi connectivity index (χ2n) is 9.44. The Morgan fingerprint density at radius 1 is 1.03 bits per heavy atom. The number of anilines is 1. The Morgan fingerprint density at radius 3 is 2.45 bits per heavy atom. The third-order valence-corrected chi connectivity index (χ3v) is 7.52. The Kier molecular flexibility index (Phi) is 7.00. The van der Waals surface area contributed by atoms with Gasteiger partial charge in [-0.15, -0.1) is 0 Å². The molecule has 0 bridgehead atoms. The first-order valence-corrected chi connectivity index (χ1v) is 12.9. The third-order valence-electron chi connectivity index (χ3n) is 7.18. The molecule has 0 saturated heterocycles. The van der Waals surface area contributed by atoms with E-state index in [0.29, 0.717) is 69.4 Å². The predicted octanol–water partition coefficient (Wildman–Crippen LogP) is 7.22. The highest BCUT2D eigenvalue weighted by atomic mass is 35.5. The van der Waals surface area contributed by atoms with Crippen molar-refractivity contribution in [2.45, 2.75) is 32.1 Å². The van der Waals surface area contributed by atoms with Crippen molar-refractivity contribution in [2.24, 2.45) is 0 Å². The molecule has 0 radical (unpaired) electrons. The number of carbonyl (C=O) groups excluding carboxylic acids is 1. The Hall–Kier alpha value is -4.03. The van der Waals surface area contributed by atoms with Crippen LogP contribution in [0.5, 0.6) is 11.5 Å². The van der Waals surface area contributed by atoms with Crippen LogP contribution in [-0.4, -0.2) is 30.9 Å². The molecule has 6 nitrogen and oxygen atoms in total. The standard InChI is InChI=1S/C31H29ClN2O4/c1-18-11-13-19(14-12-18)30(36)29-27(21-7-4-5-8-22(21)32)28-23(9-6-10-25(28)35)34(31(29)33)24-17-20(37-2)15-16-26(24)38-3/h4-5,7-8,11-17,27,33,36H,6,9-10H2,1-3H3/b30-29+,33-31?. The van der Waals surface area contributed by atoms with Crippen LogP contribution in [0.1, 0.15) is 41.9 Å². The van der Waals surface area contributed by atoms with Crippen LogP contribution in [0.2, 0.25) is 5.02 Å². The maximum absolute atomic E-state index is 13.7. The van der Waals surface area contributed by atoms with E-state index in [9.17, 15) is 15.3 Å². The van der Waals surface area contributed by atoms with Gasteiger partial charge in [-0.05, 0) is 43.5 Å². The van der Waals surface area contributed by atoms with E-state index in [1.165, 1.54) is 0 Å². The highest BCUT2D eigenvalue weighted by Crippen LogP contribution is 2.50. The summed E-state index contributed by atoms with van der Waals surface area (Å²) in [4.78, 5) is 15.4.